The molecule has 0 bridgehead atoms. The van der Waals surface area contributed by atoms with E-state index in [0.717, 1.165) is 28.5 Å². The van der Waals surface area contributed by atoms with Gasteiger partial charge >= 0.3 is 5.97 Å². The summed E-state index contributed by atoms with van der Waals surface area (Å²) in [7, 11) is 1.35. The highest BCUT2D eigenvalue weighted by atomic mass is 19.1. The van der Waals surface area contributed by atoms with Crippen LogP contribution in [0.4, 0.5) is 4.39 Å². The van der Waals surface area contributed by atoms with Crippen LogP contribution in [0.2, 0.25) is 0 Å². The van der Waals surface area contributed by atoms with Gasteiger partial charge in [-0.25, -0.2) is 14.2 Å². The van der Waals surface area contributed by atoms with E-state index in [1.807, 2.05) is 16.8 Å². The van der Waals surface area contributed by atoms with E-state index >= 15 is 0 Å². The largest absolute Gasteiger partial charge is 0.464 e. The average Bonchev–Trinajstić information content (AvgIpc) is 3.04. The quantitative estimate of drug-likeness (QED) is 0.700. The van der Waals surface area contributed by atoms with Gasteiger partial charge < -0.3 is 15.0 Å². The summed E-state index contributed by atoms with van der Waals surface area (Å²) in [5.41, 5.74) is 8.72. The molecule has 2 aromatic heterocycles. The summed E-state index contributed by atoms with van der Waals surface area (Å²) in [6, 6.07) is 8.38. The number of aryl methyl sites for hydroxylation is 1. The SMILES string of the molecule is COC(=O)c1ncc2c(ccn2Cc2ccc(F)cc2)c1CCCN. The first-order valence-electron chi connectivity index (χ1n) is 8.13. The van der Waals surface area contributed by atoms with Crippen LogP contribution in [0, 0.1) is 5.82 Å². The predicted molar refractivity (Wildman–Crippen MR) is 93.9 cm³/mol. The van der Waals surface area contributed by atoms with Gasteiger partial charge in [-0.15, -0.1) is 0 Å². The number of carbonyl (C=O) groups excluding carboxylic acids is 1. The van der Waals surface area contributed by atoms with Gasteiger partial charge in [-0.3, -0.25) is 0 Å². The third kappa shape index (κ3) is 3.53. The molecule has 0 unspecified atom stereocenters. The molecule has 2 heterocycles. The second-order valence-electron chi connectivity index (χ2n) is 5.84. The Kier molecular flexibility index (Phi) is 5.09. The maximum Gasteiger partial charge on any atom is 0.356 e. The summed E-state index contributed by atoms with van der Waals surface area (Å²) in [5.74, 6) is -0.699. The van der Waals surface area contributed by atoms with Crippen molar-refractivity contribution in [3.05, 3.63) is 65.4 Å². The van der Waals surface area contributed by atoms with Gasteiger partial charge in [-0.2, -0.15) is 0 Å². The number of nitrogens with two attached hydrogens (primary N) is 1. The normalized spacial score (nSPS) is 11.0. The van der Waals surface area contributed by atoms with Gasteiger partial charge in [-0.1, -0.05) is 12.1 Å². The molecule has 0 amide bonds. The fourth-order valence-corrected chi connectivity index (χ4v) is 2.94. The average molecular weight is 341 g/mol. The number of pyridine rings is 1. The Morgan fingerprint density at radius 2 is 2.04 bits per heavy atom. The van der Waals surface area contributed by atoms with E-state index in [-0.39, 0.29) is 5.82 Å². The third-order valence-electron chi connectivity index (χ3n) is 4.21. The van der Waals surface area contributed by atoms with Crippen LogP contribution in [0.5, 0.6) is 0 Å². The molecule has 0 saturated heterocycles. The molecule has 2 N–H and O–H groups in total. The van der Waals surface area contributed by atoms with Crippen molar-refractivity contribution in [3.8, 4) is 0 Å². The van der Waals surface area contributed by atoms with Crippen molar-refractivity contribution < 1.29 is 13.9 Å². The molecular formula is C19H20FN3O2. The molecule has 0 radical (unpaired) electrons. The first-order chi connectivity index (χ1) is 12.1. The first-order valence-corrected chi connectivity index (χ1v) is 8.13. The molecule has 25 heavy (non-hydrogen) atoms. The van der Waals surface area contributed by atoms with Gasteiger partial charge in [-0.05, 0) is 48.7 Å². The fraction of sp³-hybridized carbons (Fsp3) is 0.263. The van der Waals surface area contributed by atoms with Gasteiger partial charge in [0, 0.05) is 18.1 Å². The monoisotopic (exact) mass is 341 g/mol. The third-order valence-corrected chi connectivity index (χ3v) is 4.21. The van der Waals surface area contributed by atoms with Crippen LogP contribution in [0.15, 0.2) is 42.7 Å². The van der Waals surface area contributed by atoms with Crippen LogP contribution < -0.4 is 5.73 Å². The number of benzene rings is 1. The number of aromatic nitrogens is 2. The number of esters is 1. The predicted octanol–water partition coefficient (Wildman–Crippen LogP) is 2.90. The van der Waals surface area contributed by atoms with Gasteiger partial charge in [0.05, 0.1) is 18.8 Å². The van der Waals surface area contributed by atoms with Gasteiger partial charge in [0.1, 0.15) is 5.82 Å². The smallest absolute Gasteiger partial charge is 0.356 e. The molecule has 0 fully saturated rings. The topological polar surface area (TPSA) is 70.1 Å². The number of fused-ring (bicyclic) bond motifs is 1. The number of rotatable bonds is 6. The zero-order valence-electron chi connectivity index (χ0n) is 14.0. The molecule has 0 aliphatic carbocycles. The maximum atomic E-state index is 13.1. The van der Waals surface area contributed by atoms with Crippen molar-refractivity contribution >= 4 is 16.9 Å². The summed E-state index contributed by atoms with van der Waals surface area (Å²) in [6.45, 7) is 1.13. The minimum absolute atomic E-state index is 0.255. The molecule has 130 valence electrons. The van der Waals surface area contributed by atoms with E-state index in [9.17, 15) is 9.18 Å². The zero-order chi connectivity index (χ0) is 17.8. The molecule has 3 rings (SSSR count). The fourth-order valence-electron chi connectivity index (χ4n) is 2.94. The van der Waals surface area contributed by atoms with Crippen LogP contribution in [0.25, 0.3) is 10.9 Å². The number of hydrogen-bond acceptors (Lipinski definition) is 4. The van der Waals surface area contributed by atoms with Crippen molar-refractivity contribution in [3.63, 3.8) is 0 Å². The van der Waals surface area contributed by atoms with Gasteiger partial charge in [0.25, 0.3) is 0 Å². The molecule has 0 saturated carbocycles. The minimum Gasteiger partial charge on any atom is -0.464 e. The number of ether oxygens (including phenoxy) is 1. The summed E-state index contributed by atoms with van der Waals surface area (Å²) >= 11 is 0. The van der Waals surface area contributed by atoms with Crippen molar-refractivity contribution in [2.24, 2.45) is 5.73 Å². The second kappa shape index (κ2) is 7.44. The lowest BCUT2D eigenvalue weighted by Crippen LogP contribution is -2.11. The molecular weight excluding hydrogens is 321 g/mol. The maximum absolute atomic E-state index is 13.1. The van der Waals surface area contributed by atoms with Gasteiger partial charge in [0.15, 0.2) is 5.69 Å². The van der Waals surface area contributed by atoms with E-state index in [1.54, 1.807) is 18.3 Å². The van der Waals surface area contributed by atoms with E-state index < -0.39 is 5.97 Å². The minimum atomic E-state index is -0.444. The molecule has 0 aliphatic heterocycles. The number of carbonyl (C=O) groups is 1. The first kappa shape index (κ1) is 17.1. The molecule has 6 heteroatoms. The lowest BCUT2D eigenvalue weighted by molar-refractivity contribution is 0.0593. The highest BCUT2D eigenvalue weighted by molar-refractivity contribution is 5.95. The summed E-state index contributed by atoms with van der Waals surface area (Å²) in [4.78, 5) is 16.3. The molecule has 0 atom stereocenters. The standard InChI is InChI=1S/C19H20FN3O2/c1-25-19(24)18-16(3-2-9-21)15-8-10-23(17(15)11-22-18)12-13-4-6-14(20)7-5-13/h4-8,10-11H,2-3,9,12,21H2,1H3. The second-order valence-corrected chi connectivity index (χ2v) is 5.84. The van der Waals surface area contributed by atoms with Crippen LogP contribution >= 0.6 is 0 Å². The Balaban J connectivity index is 2.02. The Morgan fingerprint density at radius 3 is 2.72 bits per heavy atom. The number of halogens is 1. The number of hydrogen-bond donors (Lipinski definition) is 1. The number of nitrogens with zero attached hydrogens (tertiary/aromatic N) is 2. The van der Waals surface area contributed by atoms with Crippen molar-refractivity contribution in [1.29, 1.82) is 0 Å². The Hall–Kier alpha value is -2.73. The molecule has 1 aromatic carbocycles. The van der Waals surface area contributed by atoms with Crippen LogP contribution in [-0.4, -0.2) is 29.2 Å². The van der Waals surface area contributed by atoms with Crippen LogP contribution in [-0.2, 0) is 17.7 Å². The lowest BCUT2D eigenvalue weighted by atomic mass is 10.0. The van der Waals surface area contributed by atoms with Crippen molar-refractivity contribution in [2.45, 2.75) is 19.4 Å². The van der Waals surface area contributed by atoms with E-state index in [4.69, 9.17) is 10.5 Å². The lowest BCUT2D eigenvalue weighted by Gasteiger charge is -2.10. The van der Waals surface area contributed by atoms with E-state index in [0.29, 0.717) is 25.2 Å². The molecule has 0 aliphatic rings. The van der Waals surface area contributed by atoms with Gasteiger partial charge in [0.2, 0.25) is 0 Å². The van der Waals surface area contributed by atoms with E-state index in [1.165, 1.54) is 19.2 Å². The molecule has 3 aromatic rings. The van der Waals surface area contributed by atoms with Crippen LogP contribution in [0.1, 0.15) is 28.0 Å². The van der Waals surface area contributed by atoms with Crippen LogP contribution in [0.3, 0.4) is 0 Å². The highest BCUT2D eigenvalue weighted by Crippen LogP contribution is 2.25. The molecule has 5 nitrogen and oxygen atoms in total. The summed E-state index contributed by atoms with van der Waals surface area (Å²) in [6.07, 6.45) is 5.04. The molecule has 0 spiro atoms. The zero-order valence-corrected chi connectivity index (χ0v) is 14.0. The van der Waals surface area contributed by atoms with Crippen molar-refractivity contribution in [1.82, 2.24) is 9.55 Å². The Morgan fingerprint density at radius 1 is 1.28 bits per heavy atom. The highest BCUT2D eigenvalue weighted by Gasteiger charge is 2.18. The Labute approximate surface area is 145 Å². The van der Waals surface area contributed by atoms with Crippen molar-refractivity contribution in [2.75, 3.05) is 13.7 Å². The summed E-state index contributed by atoms with van der Waals surface area (Å²) < 4.78 is 19.9. The number of methoxy groups -OCH3 is 1. The summed E-state index contributed by atoms with van der Waals surface area (Å²) in [5, 5.41) is 0.964. The van der Waals surface area contributed by atoms with E-state index in [2.05, 4.69) is 4.98 Å². The Bertz CT molecular complexity index is 888.